The van der Waals surface area contributed by atoms with E-state index >= 15 is 0 Å². The minimum Gasteiger partial charge on any atom is -0.459 e. The van der Waals surface area contributed by atoms with Crippen LogP contribution >= 0.6 is 34.5 Å². The summed E-state index contributed by atoms with van der Waals surface area (Å²) in [6, 6.07) is 8.52. The molecule has 0 saturated carbocycles. The molecule has 2 aromatic heterocycles. The molecule has 5 nitrogen and oxygen atoms in total. The Morgan fingerprint density at radius 2 is 2.17 bits per heavy atom. The predicted molar refractivity (Wildman–Crippen MR) is 92.6 cm³/mol. The fourth-order valence-corrected chi connectivity index (χ4v) is 2.96. The van der Waals surface area contributed by atoms with Crippen LogP contribution in [0, 0.1) is 0 Å². The minimum absolute atomic E-state index is 0.221. The molecule has 0 saturated heterocycles. The summed E-state index contributed by atoms with van der Waals surface area (Å²) < 4.78 is 5.56. The van der Waals surface area contributed by atoms with E-state index in [1.54, 1.807) is 30.5 Å². The lowest BCUT2D eigenvalue weighted by molar-refractivity contribution is 0.0996. The second-order valence-electron chi connectivity index (χ2n) is 4.56. The number of thiazole rings is 1. The van der Waals surface area contributed by atoms with Crippen LogP contribution in [-0.2, 0) is 6.54 Å². The molecule has 0 atom stereocenters. The maximum absolute atomic E-state index is 12.0. The normalized spacial score (nSPS) is 10.5. The number of aromatic nitrogens is 1. The summed E-state index contributed by atoms with van der Waals surface area (Å²) >= 11 is 13.3. The maximum Gasteiger partial charge on any atom is 0.291 e. The van der Waals surface area contributed by atoms with Crippen LogP contribution in [0.2, 0.25) is 9.49 Å². The Hall–Kier alpha value is -2.02. The zero-order valence-electron chi connectivity index (χ0n) is 11.7. The smallest absolute Gasteiger partial charge is 0.291 e. The van der Waals surface area contributed by atoms with Gasteiger partial charge in [0, 0.05) is 16.8 Å². The number of hydrogen-bond acceptors (Lipinski definition) is 5. The van der Waals surface area contributed by atoms with Gasteiger partial charge in [0.2, 0.25) is 0 Å². The van der Waals surface area contributed by atoms with Crippen molar-refractivity contribution < 1.29 is 9.21 Å². The molecular weight excluding hydrogens is 357 g/mol. The monoisotopic (exact) mass is 367 g/mol. The molecule has 0 unspecified atom stereocenters. The van der Waals surface area contributed by atoms with Crippen LogP contribution in [0.1, 0.15) is 15.4 Å². The van der Waals surface area contributed by atoms with E-state index in [1.807, 2.05) is 6.07 Å². The molecule has 0 aliphatic rings. The van der Waals surface area contributed by atoms with Crippen LogP contribution in [0.4, 0.5) is 11.4 Å². The number of carbonyl (C=O) groups excluding carboxylic acids is 1. The summed E-state index contributed by atoms with van der Waals surface area (Å²) in [6.45, 7) is 0.581. The van der Waals surface area contributed by atoms with Gasteiger partial charge in [-0.05, 0) is 30.3 Å². The maximum atomic E-state index is 12.0. The second-order valence-corrected chi connectivity index (χ2v) is 6.66. The zero-order valence-corrected chi connectivity index (χ0v) is 14.0. The Morgan fingerprint density at radius 1 is 1.30 bits per heavy atom. The van der Waals surface area contributed by atoms with E-state index in [-0.39, 0.29) is 11.7 Å². The van der Waals surface area contributed by atoms with Crippen molar-refractivity contribution in [3.8, 4) is 0 Å². The van der Waals surface area contributed by atoms with E-state index in [2.05, 4.69) is 15.6 Å². The summed E-state index contributed by atoms with van der Waals surface area (Å²) in [5.41, 5.74) is 1.31. The Balaban J connectivity index is 1.70. The third-order valence-corrected chi connectivity index (χ3v) is 4.40. The summed E-state index contributed by atoms with van der Waals surface area (Å²) in [6.07, 6.45) is 3.16. The number of halogens is 2. The van der Waals surface area contributed by atoms with Crippen molar-refractivity contribution in [2.75, 3.05) is 10.6 Å². The zero-order chi connectivity index (χ0) is 16.2. The standard InChI is InChI=1S/C15H11Cl2N3O2S/c16-11-4-3-9(18-7-10-8-19-15(17)23-10)6-12(11)20-14(21)13-2-1-5-22-13/h1-6,8,18H,7H2,(H,20,21). The van der Waals surface area contributed by atoms with E-state index in [9.17, 15) is 4.79 Å². The van der Waals surface area contributed by atoms with Gasteiger partial charge in [0.1, 0.15) is 0 Å². The van der Waals surface area contributed by atoms with Crippen LogP contribution in [-0.4, -0.2) is 10.9 Å². The molecule has 23 heavy (non-hydrogen) atoms. The highest BCUT2D eigenvalue weighted by atomic mass is 35.5. The van der Waals surface area contributed by atoms with Crippen LogP contribution in [0.5, 0.6) is 0 Å². The van der Waals surface area contributed by atoms with Crippen molar-refractivity contribution in [2.45, 2.75) is 6.54 Å². The van der Waals surface area contributed by atoms with Crippen molar-refractivity contribution in [2.24, 2.45) is 0 Å². The van der Waals surface area contributed by atoms with E-state index in [0.717, 1.165) is 10.6 Å². The van der Waals surface area contributed by atoms with Gasteiger partial charge in [0.15, 0.2) is 10.2 Å². The molecule has 8 heteroatoms. The highest BCUT2D eigenvalue weighted by molar-refractivity contribution is 7.15. The molecule has 0 bridgehead atoms. The van der Waals surface area contributed by atoms with Crippen LogP contribution < -0.4 is 10.6 Å². The lowest BCUT2D eigenvalue weighted by Crippen LogP contribution is -2.11. The van der Waals surface area contributed by atoms with Crippen molar-refractivity contribution in [3.63, 3.8) is 0 Å². The Morgan fingerprint density at radius 3 is 2.87 bits per heavy atom. The molecule has 0 radical (unpaired) electrons. The van der Waals surface area contributed by atoms with Crippen LogP contribution in [0.25, 0.3) is 0 Å². The van der Waals surface area contributed by atoms with Crippen molar-refractivity contribution in [3.05, 3.63) is 62.9 Å². The molecule has 3 rings (SSSR count). The van der Waals surface area contributed by atoms with Gasteiger partial charge in [-0.3, -0.25) is 4.79 Å². The lowest BCUT2D eigenvalue weighted by Gasteiger charge is -2.10. The SMILES string of the molecule is O=C(Nc1cc(NCc2cnc(Cl)s2)ccc1Cl)c1ccco1. The molecule has 2 heterocycles. The highest BCUT2D eigenvalue weighted by Crippen LogP contribution is 2.27. The number of anilines is 2. The average molecular weight is 368 g/mol. The summed E-state index contributed by atoms with van der Waals surface area (Å²) in [4.78, 5) is 17.0. The second kappa shape index (κ2) is 7.04. The lowest BCUT2D eigenvalue weighted by atomic mass is 10.2. The third-order valence-electron chi connectivity index (χ3n) is 2.95. The van der Waals surface area contributed by atoms with E-state index in [4.69, 9.17) is 27.6 Å². The molecular formula is C15H11Cl2N3O2S. The van der Waals surface area contributed by atoms with Gasteiger partial charge >= 0.3 is 0 Å². The van der Waals surface area contributed by atoms with E-state index in [1.165, 1.54) is 17.6 Å². The van der Waals surface area contributed by atoms with Crippen LogP contribution in [0.15, 0.2) is 47.2 Å². The first-order valence-corrected chi connectivity index (χ1v) is 8.17. The largest absolute Gasteiger partial charge is 0.459 e. The van der Waals surface area contributed by atoms with Gasteiger partial charge in [-0.15, -0.1) is 11.3 Å². The minimum atomic E-state index is -0.358. The topological polar surface area (TPSA) is 67.2 Å². The van der Waals surface area contributed by atoms with Gasteiger partial charge < -0.3 is 15.1 Å². The average Bonchev–Trinajstić information content (AvgIpc) is 3.19. The fraction of sp³-hybridized carbons (Fsp3) is 0.0667. The number of rotatable bonds is 5. The number of nitrogens with one attached hydrogen (secondary N) is 2. The first-order valence-electron chi connectivity index (χ1n) is 6.60. The Kier molecular flexibility index (Phi) is 4.85. The van der Waals surface area contributed by atoms with Crippen molar-refractivity contribution in [1.29, 1.82) is 0 Å². The Labute approximate surface area is 146 Å². The molecule has 1 amide bonds. The molecule has 1 aromatic carbocycles. The quantitative estimate of drug-likeness (QED) is 0.672. The molecule has 118 valence electrons. The van der Waals surface area contributed by atoms with Gasteiger partial charge in [-0.1, -0.05) is 23.2 Å². The summed E-state index contributed by atoms with van der Waals surface area (Å²) in [5.74, 6) is -0.137. The van der Waals surface area contributed by atoms with Gasteiger partial charge in [-0.25, -0.2) is 4.98 Å². The number of amides is 1. The van der Waals surface area contributed by atoms with Crippen molar-refractivity contribution in [1.82, 2.24) is 4.98 Å². The van der Waals surface area contributed by atoms with Gasteiger partial charge in [0.25, 0.3) is 5.91 Å². The molecule has 0 aliphatic carbocycles. The fourth-order valence-electron chi connectivity index (χ4n) is 1.88. The van der Waals surface area contributed by atoms with Gasteiger partial charge in [-0.2, -0.15) is 0 Å². The summed E-state index contributed by atoms with van der Waals surface area (Å²) in [5, 5.41) is 6.39. The third kappa shape index (κ3) is 4.04. The van der Waals surface area contributed by atoms with E-state index < -0.39 is 0 Å². The van der Waals surface area contributed by atoms with E-state index in [0.29, 0.717) is 21.7 Å². The molecule has 0 aliphatic heterocycles. The van der Waals surface area contributed by atoms with Crippen LogP contribution in [0.3, 0.4) is 0 Å². The summed E-state index contributed by atoms with van der Waals surface area (Å²) in [7, 11) is 0. The Bertz CT molecular complexity index is 818. The van der Waals surface area contributed by atoms with Crippen molar-refractivity contribution >= 4 is 51.8 Å². The first kappa shape index (κ1) is 15.9. The number of hydrogen-bond donors (Lipinski definition) is 2. The number of benzene rings is 1. The predicted octanol–water partition coefficient (Wildman–Crippen LogP) is 4.91. The number of furan rings is 1. The molecule has 2 N–H and O–H groups in total. The highest BCUT2D eigenvalue weighted by Gasteiger charge is 2.11. The number of nitrogens with zero attached hydrogens (tertiary/aromatic N) is 1. The molecule has 3 aromatic rings. The molecule has 0 fully saturated rings. The first-order chi connectivity index (χ1) is 11.1. The van der Waals surface area contributed by atoms with Gasteiger partial charge in [0.05, 0.1) is 23.5 Å². The number of carbonyl (C=O) groups is 1. The molecule has 0 spiro atoms.